The number of hydrogen-bond acceptors (Lipinski definition) is 6. The molecule has 0 aliphatic rings. The fourth-order valence-electron chi connectivity index (χ4n) is 3.16. The first-order valence-electron chi connectivity index (χ1n) is 11.4. The van der Waals surface area contributed by atoms with Crippen LogP contribution in [0.25, 0.3) is 0 Å². The molecule has 2 rings (SSSR count). The molecule has 0 spiro atoms. The molecule has 0 saturated heterocycles. The summed E-state index contributed by atoms with van der Waals surface area (Å²) in [5.74, 6) is 1.61. The molecule has 2 aromatic rings. The van der Waals surface area contributed by atoms with Gasteiger partial charge in [0.1, 0.15) is 24.7 Å². The van der Waals surface area contributed by atoms with E-state index < -0.39 is 0 Å². The van der Waals surface area contributed by atoms with Crippen molar-refractivity contribution in [3.8, 4) is 11.5 Å². The molecule has 0 radical (unpaired) electrons. The lowest BCUT2D eigenvalue weighted by Gasteiger charge is -2.18. The molecule has 0 atom stereocenters. The van der Waals surface area contributed by atoms with Crippen LogP contribution in [0.15, 0.2) is 109 Å². The largest absolute Gasteiger partial charge is 0.492 e. The summed E-state index contributed by atoms with van der Waals surface area (Å²) in [5, 5.41) is 8.61. The number of hydrogen-bond donors (Lipinski definition) is 0. The highest BCUT2D eigenvalue weighted by Crippen LogP contribution is 2.23. The first-order chi connectivity index (χ1) is 16.7. The number of rotatable bonds is 18. The van der Waals surface area contributed by atoms with E-state index in [1.807, 2.05) is 72.8 Å². The predicted octanol–water partition coefficient (Wildman–Crippen LogP) is 6.21. The van der Waals surface area contributed by atoms with Gasteiger partial charge in [-0.05, 0) is 48.5 Å². The zero-order chi connectivity index (χ0) is 24.4. The summed E-state index contributed by atoms with van der Waals surface area (Å²) in [5.41, 5.74) is 1.52. The molecule has 6 heteroatoms. The third-order valence-corrected chi connectivity index (χ3v) is 4.86. The monoisotopic (exact) mass is 460 g/mol. The molecule has 0 N–H and O–H groups in total. The van der Waals surface area contributed by atoms with E-state index in [-0.39, 0.29) is 0 Å². The van der Waals surface area contributed by atoms with Gasteiger partial charge in [0.2, 0.25) is 0 Å². The van der Waals surface area contributed by atoms with Crippen LogP contribution < -0.4 is 9.47 Å². The Labute approximate surface area is 204 Å². The summed E-state index contributed by atoms with van der Waals surface area (Å²) >= 11 is 0. The minimum absolute atomic E-state index is 0.595. The topological polar surface area (TPSA) is 49.7 Å². The molecule has 34 heavy (non-hydrogen) atoms. The van der Waals surface area contributed by atoms with Crippen molar-refractivity contribution in [2.45, 2.75) is 0 Å². The Balaban J connectivity index is 1.78. The average Bonchev–Trinajstić information content (AvgIpc) is 2.85. The second-order valence-electron chi connectivity index (χ2n) is 7.56. The van der Waals surface area contributed by atoms with E-state index in [2.05, 4.69) is 46.3 Å². The Hall–Kier alpha value is -3.48. The van der Waals surface area contributed by atoms with Crippen LogP contribution >= 0.6 is 0 Å². The minimum Gasteiger partial charge on any atom is -0.492 e. The van der Waals surface area contributed by atoms with E-state index in [1.165, 1.54) is 0 Å². The van der Waals surface area contributed by atoms with Crippen molar-refractivity contribution in [1.29, 1.82) is 0 Å². The van der Waals surface area contributed by atoms with Crippen LogP contribution in [-0.4, -0.2) is 62.3 Å². The highest BCUT2D eigenvalue weighted by molar-refractivity contribution is 5.44. The van der Waals surface area contributed by atoms with Gasteiger partial charge >= 0.3 is 0 Å². The van der Waals surface area contributed by atoms with Crippen molar-refractivity contribution in [2.24, 2.45) is 10.2 Å². The quantitative estimate of drug-likeness (QED) is 0.196. The van der Waals surface area contributed by atoms with Gasteiger partial charge in [0.15, 0.2) is 0 Å². The van der Waals surface area contributed by atoms with Crippen LogP contribution in [0.4, 0.5) is 11.4 Å². The van der Waals surface area contributed by atoms with Gasteiger partial charge in [0.25, 0.3) is 0 Å². The van der Waals surface area contributed by atoms with Crippen molar-refractivity contribution >= 4 is 11.4 Å². The first kappa shape index (κ1) is 26.8. The second kappa shape index (κ2) is 16.2. The normalized spacial score (nSPS) is 11.0. The van der Waals surface area contributed by atoms with Gasteiger partial charge in [0.05, 0.1) is 11.4 Å². The second-order valence-corrected chi connectivity index (χ2v) is 7.56. The van der Waals surface area contributed by atoms with Crippen molar-refractivity contribution in [3.05, 3.63) is 99.2 Å². The molecule has 0 saturated carbocycles. The molecule has 0 aromatic heterocycles. The van der Waals surface area contributed by atoms with E-state index >= 15 is 0 Å². The molecule has 0 aliphatic heterocycles. The fourth-order valence-corrected chi connectivity index (χ4v) is 3.16. The van der Waals surface area contributed by atoms with Crippen LogP contribution in [0, 0.1) is 0 Å². The van der Waals surface area contributed by atoms with E-state index in [1.54, 1.807) is 0 Å². The van der Waals surface area contributed by atoms with E-state index in [9.17, 15) is 0 Å². The Morgan fingerprint density at radius 3 is 1.18 bits per heavy atom. The van der Waals surface area contributed by atoms with Crippen LogP contribution in [-0.2, 0) is 0 Å². The zero-order valence-corrected chi connectivity index (χ0v) is 20.0. The molecule has 0 fully saturated rings. The molecule has 6 nitrogen and oxygen atoms in total. The maximum absolute atomic E-state index is 5.82. The fraction of sp³-hybridized carbons (Fsp3) is 0.286. The smallest absolute Gasteiger partial charge is 0.119 e. The molecule has 2 aromatic carbocycles. The Morgan fingerprint density at radius 1 is 0.559 bits per heavy atom. The molecule has 180 valence electrons. The van der Waals surface area contributed by atoms with E-state index in [0.29, 0.717) is 13.2 Å². The maximum Gasteiger partial charge on any atom is 0.119 e. The molecule has 0 aliphatic carbocycles. The van der Waals surface area contributed by atoms with Gasteiger partial charge < -0.3 is 9.47 Å². The molecule has 0 heterocycles. The lowest BCUT2D eigenvalue weighted by Crippen LogP contribution is -2.28. The third kappa shape index (κ3) is 10.4. The Morgan fingerprint density at radius 2 is 0.882 bits per heavy atom. The standard InChI is InChI=1S/C28H36N4O2/c1-5-17-31(18-6-2)21-23-33-27-13-9-25(10-14-27)29-30-26-11-15-28(16-12-26)34-24-22-32(19-7-3)20-8-4/h5-16H,1-4,17-24H2. The zero-order valence-electron chi connectivity index (χ0n) is 20.0. The van der Waals surface area contributed by atoms with E-state index in [0.717, 1.165) is 62.1 Å². The number of benzene rings is 2. The van der Waals surface area contributed by atoms with Crippen LogP contribution in [0.5, 0.6) is 11.5 Å². The molecular formula is C28H36N4O2. The molecule has 0 bridgehead atoms. The average molecular weight is 461 g/mol. The lowest BCUT2D eigenvalue weighted by atomic mass is 10.3. The summed E-state index contributed by atoms with van der Waals surface area (Å²) in [6.07, 6.45) is 7.53. The van der Waals surface area contributed by atoms with Gasteiger partial charge in [-0.25, -0.2) is 0 Å². The predicted molar refractivity (Wildman–Crippen MR) is 142 cm³/mol. The maximum atomic E-state index is 5.82. The molecule has 0 amide bonds. The number of ether oxygens (including phenoxy) is 2. The summed E-state index contributed by atoms with van der Waals surface area (Å²) in [6.45, 7) is 21.2. The minimum atomic E-state index is 0.595. The van der Waals surface area contributed by atoms with Crippen LogP contribution in [0.1, 0.15) is 0 Å². The summed E-state index contributed by atoms with van der Waals surface area (Å²) < 4.78 is 11.6. The lowest BCUT2D eigenvalue weighted by molar-refractivity contribution is 0.236. The highest BCUT2D eigenvalue weighted by Gasteiger charge is 2.03. The van der Waals surface area contributed by atoms with Gasteiger partial charge in [-0.1, -0.05) is 24.3 Å². The number of azo groups is 1. The van der Waals surface area contributed by atoms with E-state index in [4.69, 9.17) is 9.47 Å². The van der Waals surface area contributed by atoms with Gasteiger partial charge in [0, 0.05) is 39.3 Å². The SMILES string of the molecule is C=CCN(CC=C)CCOc1ccc(N=Nc2ccc(OCCN(CC=C)CC=C)cc2)cc1. The molecule has 0 unspecified atom stereocenters. The summed E-state index contributed by atoms with van der Waals surface area (Å²) in [4.78, 5) is 4.42. The third-order valence-electron chi connectivity index (χ3n) is 4.86. The highest BCUT2D eigenvalue weighted by atomic mass is 16.5. The van der Waals surface area contributed by atoms with Gasteiger partial charge in [-0.2, -0.15) is 10.2 Å². The summed E-state index contributed by atoms with van der Waals surface area (Å²) in [7, 11) is 0. The summed E-state index contributed by atoms with van der Waals surface area (Å²) in [6, 6.07) is 15.2. The number of nitrogens with zero attached hydrogens (tertiary/aromatic N) is 4. The van der Waals surface area contributed by atoms with Crippen molar-refractivity contribution in [3.63, 3.8) is 0 Å². The Bertz CT molecular complexity index is 812. The van der Waals surface area contributed by atoms with Crippen molar-refractivity contribution < 1.29 is 9.47 Å². The van der Waals surface area contributed by atoms with Crippen molar-refractivity contribution in [1.82, 2.24) is 9.80 Å². The van der Waals surface area contributed by atoms with Crippen LogP contribution in [0.3, 0.4) is 0 Å². The first-order valence-corrected chi connectivity index (χ1v) is 11.4. The van der Waals surface area contributed by atoms with Crippen LogP contribution in [0.2, 0.25) is 0 Å². The van der Waals surface area contributed by atoms with Gasteiger partial charge in [-0.15, -0.1) is 26.3 Å². The molecular weight excluding hydrogens is 424 g/mol. The van der Waals surface area contributed by atoms with Crippen molar-refractivity contribution in [2.75, 3.05) is 52.5 Å². The Kier molecular flexibility index (Phi) is 12.7. The van der Waals surface area contributed by atoms with Gasteiger partial charge in [-0.3, -0.25) is 9.80 Å².